The summed E-state index contributed by atoms with van der Waals surface area (Å²) in [4.78, 5) is 0. The summed E-state index contributed by atoms with van der Waals surface area (Å²) in [7, 11) is 0. The van der Waals surface area contributed by atoms with Gasteiger partial charge in [-0.3, -0.25) is 0 Å². The quantitative estimate of drug-likeness (QED) is 0.698. The SMILES string of the molecule is CCCCCN[C@@H]1CCCC(F)(F)[C@H]1O. The monoisotopic (exact) mass is 221 g/mol. The molecular formula is C11H21F2NO. The highest BCUT2D eigenvalue weighted by atomic mass is 19.3. The van der Waals surface area contributed by atoms with E-state index < -0.39 is 18.1 Å². The van der Waals surface area contributed by atoms with Gasteiger partial charge in [-0.25, -0.2) is 8.78 Å². The van der Waals surface area contributed by atoms with Crippen LogP contribution in [-0.4, -0.2) is 29.7 Å². The zero-order chi connectivity index (χ0) is 11.3. The molecule has 0 aromatic carbocycles. The first kappa shape index (κ1) is 12.8. The maximum atomic E-state index is 13.1. The molecule has 0 aromatic rings. The minimum Gasteiger partial charge on any atom is -0.385 e. The molecule has 1 fully saturated rings. The Morgan fingerprint density at radius 1 is 1.40 bits per heavy atom. The predicted molar refractivity (Wildman–Crippen MR) is 56.1 cm³/mol. The van der Waals surface area contributed by atoms with Gasteiger partial charge in [-0.1, -0.05) is 19.8 Å². The van der Waals surface area contributed by atoms with Crippen molar-refractivity contribution in [3.05, 3.63) is 0 Å². The normalized spacial score (nSPS) is 30.4. The molecule has 0 spiro atoms. The van der Waals surface area contributed by atoms with Crippen molar-refractivity contribution in [1.82, 2.24) is 5.32 Å². The topological polar surface area (TPSA) is 32.3 Å². The molecule has 0 unspecified atom stereocenters. The molecule has 0 heterocycles. The number of unbranched alkanes of at least 4 members (excludes halogenated alkanes) is 2. The number of halogens is 2. The van der Waals surface area contributed by atoms with Gasteiger partial charge in [0.15, 0.2) is 0 Å². The minimum atomic E-state index is -2.90. The molecule has 15 heavy (non-hydrogen) atoms. The van der Waals surface area contributed by atoms with Crippen LogP contribution in [0.15, 0.2) is 0 Å². The van der Waals surface area contributed by atoms with Gasteiger partial charge in [0.05, 0.1) is 0 Å². The number of aliphatic hydroxyl groups is 1. The summed E-state index contributed by atoms with van der Waals surface area (Å²) in [5.74, 6) is -2.90. The molecule has 0 bridgehead atoms. The molecule has 1 saturated carbocycles. The molecule has 4 heteroatoms. The summed E-state index contributed by atoms with van der Waals surface area (Å²) in [5, 5.41) is 12.5. The lowest BCUT2D eigenvalue weighted by molar-refractivity contribution is -0.143. The summed E-state index contributed by atoms with van der Waals surface area (Å²) in [6, 6.07) is -0.425. The largest absolute Gasteiger partial charge is 0.385 e. The molecule has 0 radical (unpaired) electrons. The van der Waals surface area contributed by atoms with Crippen LogP contribution >= 0.6 is 0 Å². The third-order valence-corrected chi connectivity index (χ3v) is 3.03. The fraction of sp³-hybridized carbons (Fsp3) is 1.00. The van der Waals surface area contributed by atoms with Crippen molar-refractivity contribution in [2.24, 2.45) is 0 Å². The van der Waals surface area contributed by atoms with Crippen LogP contribution in [0, 0.1) is 0 Å². The van der Waals surface area contributed by atoms with Crippen molar-refractivity contribution >= 4 is 0 Å². The van der Waals surface area contributed by atoms with Gasteiger partial charge in [0.2, 0.25) is 0 Å². The fourth-order valence-electron chi connectivity index (χ4n) is 2.03. The third-order valence-electron chi connectivity index (χ3n) is 3.03. The maximum Gasteiger partial charge on any atom is 0.274 e. The summed E-state index contributed by atoms with van der Waals surface area (Å²) >= 11 is 0. The van der Waals surface area contributed by atoms with E-state index in [0.717, 1.165) is 25.8 Å². The van der Waals surface area contributed by atoms with Gasteiger partial charge in [0, 0.05) is 12.5 Å². The summed E-state index contributed by atoms with van der Waals surface area (Å²) in [6.07, 6.45) is 2.68. The van der Waals surface area contributed by atoms with E-state index in [1.807, 2.05) is 0 Å². The van der Waals surface area contributed by atoms with E-state index >= 15 is 0 Å². The van der Waals surface area contributed by atoms with E-state index in [-0.39, 0.29) is 6.42 Å². The number of aliphatic hydroxyl groups excluding tert-OH is 1. The van der Waals surface area contributed by atoms with Crippen molar-refractivity contribution < 1.29 is 13.9 Å². The van der Waals surface area contributed by atoms with Crippen molar-refractivity contribution in [3.63, 3.8) is 0 Å². The van der Waals surface area contributed by atoms with Gasteiger partial charge in [-0.15, -0.1) is 0 Å². The van der Waals surface area contributed by atoms with Gasteiger partial charge in [-0.2, -0.15) is 0 Å². The Hall–Kier alpha value is -0.220. The van der Waals surface area contributed by atoms with Crippen molar-refractivity contribution in [2.75, 3.05) is 6.54 Å². The van der Waals surface area contributed by atoms with Crippen LogP contribution in [0.3, 0.4) is 0 Å². The van der Waals surface area contributed by atoms with E-state index in [0.29, 0.717) is 12.8 Å². The van der Waals surface area contributed by atoms with E-state index in [9.17, 15) is 13.9 Å². The van der Waals surface area contributed by atoms with Crippen LogP contribution in [0.1, 0.15) is 45.4 Å². The molecule has 90 valence electrons. The summed E-state index contributed by atoms with van der Waals surface area (Å²) in [6.45, 7) is 2.83. The molecule has 2 nitrogen and oxygen atoms in total. The molecule has 1 aliphatic carbocycles. The minimum absolute atomic E-state index is 0.179. The Balaban J connectivity index is 2.28. The molecule has 1 aliphatic rings. The standard InChI is InChI=1S/C11H21F2NO/c1-2-3-4-8-14-9-6-5-7-11(12,13)10(9)15/h9-10,14-15H,2-8H2,1H3/t9-,10+/m1/s1. The number of hydrogen-bond acceptors (Lipinski definition) is 2. The number of nitrogens with one attached hydrogen (secondary N) is 1. The Morgan fingerprint density at radius 3 is 2.80 bits per heavy atom. The second-order valence-corrected chi connectivity index (χ2v) is 4.37. The highest BCUT2D eigenvalue weighted by molar-refractivity contribution is 4.91. The van der Waals surface area contributed by atoms with Gasteiger partial charge >= 0.3 is 0 Å². The second kappa shape index (κ2) is 5.75. The zero-order valence-corrected chi connectivity index (χ0v) is 9.31. The van der Waals surface area contributed by atoms with Crippen LogP contribution in [0.25, 0.3) is 0 Å². The third kappa shape index (κ3) is 3.68. The first-order valence-electron chi connectivity index (χ1n) is 5.87. The lowest BCUT2D eigenvalue weighted by Crippen LogP contribution is -2.52. The van der Waals surface area contributed by atoms with E-state index in [4.69, 9.17) is 0 Å². The Labute approximate surface area is 90.1 Å². The average molecular weight is 221 g/mol. The predicted octanol–water partition coefficient (Wildman–Crippen LogP) is 2.31. The molecule has 0 saturated heterocycles. The number of rotatable bonds is 5. The molecule has 2 atom stereocenters. The average Bonchev–Trinajstić information content (AvgIpc) is 2.19. The summed E-state index contributed by atoms with van der Waals surface area (Å²) in [5.41, 5.74) is 0. The molecular weight excluding hydrogens is 200 g/mol. The lowest BCUT2D eigenvalue weighted by atomic mass is 9.89. The van der Waals surface area contributed by atoms with Crippen LogP contribution < -0.4 is 5.32 Å². The van der Waals surface area contributed by atoms with Crippen LogP contribution in [0.4, 0.5) is 8.78 Å². The van der Waals surface area contributed by atoms with Crippen LogP contribution in [0.2, 0.25) is 0 Å². The van der Waals surface area contributed by atoms with Crippen molar-refractivity contribution in [3.8, 4) is 0 Å². The maximum absolute atomic E-state index is 13.1. The van der Waals surface area contributed by atoms with Crippen LogP contribution in [-0.2, 0) is 0 Å². The number of alkyl halides is 2. The number of hydrogen-bond donors (Lipinski definition) is 2. The van der Waals surface area contributed by atoms with E-state index in [1.54, 1.807) is 0 Å². The van der Waals surface area contributed by atoms with Crippen LogP contribution in [0.5, 0.6) is 0 Å². The van der Waals surface area contributed by atoms with Gasteiger partial charge in [0.1, 0.15) is 6.10 Å². The van der Waals surface area contributed by atoms with Crippen molar-refractivity contribution in [2.45, 2.75) is 63.5 Å². The first-order chi connectivity index (χ1) is 7.08. The van der Waals surface area contributed by atoms with Gasteiger partial charge in [0.25, 0.3) is 5.92 Å². The highest BCUT2D eigenvalue weighted by Gasteiger charge is 2.45. The fourth-order valence-corrected chi connectivity index (χ4v) is 2.03. The lowest BCUT2D eigenvalue weighted by Gasteiger charge is -2.35. The van der Waals surface area contributed by atoms with E-state index in [1.165, 1.54) is 0 Å². The van der Waals surface area contributed by atoms with Gasteiger partial charge in [-0.05, 0) is 25.8 Å². The Kier molecular flexibility index (Phi) is 4.93. The molecule has 0 amide bonds. The molecule has 1 rings (SSSR count). The Morgan fingerprint density at radius 2 is 2.13 bits per heavy atom. The highest BCUT2D eigenvalue weighted by Crippen LogP contribution is 2.33. The molecule has 0 aliphatic heterocycles. The Bertz CT molecular complexity index is 187. The summed E-state index contributed by atoms with van der Waals surface area (Å²) < 4.78 is 26.3. The first-order valence-corrected chi connectivity index (χ1v) is 5.87. The van der Waals surface area contributed by atoms with Gasteiger partial charge < -0.3 is 10.4 Å². The molecule has 2 N–H and O–H groups in total. The second-order valence-electron chi connectivity index (χ2n) is 4.37. The van der Waals surface area contributed by atoms with Crippen molar-refractivity contribution in [1.29, 1.82) is 0 Å². The zero-order valence-electron chi connectivity index (χ0n) is 9.31. The van der Waals surface area contributed by atoms with E-state index in [2.05, 4.69) is 12.2 Å². The molecule has 0 aromatic heterocycles. The smallest absolute Gasteiger partial charge is 0.274 e.